The van der Waals surface area contributed by atoms with Crippen LogP contribution in [0, 0.1) is 0 Å². The molecular weight excluding hydrogens is 200 g/mol. The van der Waals surface area contributed by atoms with Crippen molar-refractivity contribution in [2.45, 2.75) is 77.6 Å². The molecule has 0 rings (SSSR count). The lowest BCUT2D eigenvalue weighted by molar-refractivity contribution is 0.842. The van der Waals surface area contributed by atoms with Crippen molar-refractivity contribution >= 4 is 16.6 Å². The summed E-state index contributed by atoms with van der Waals surface area (Å²) >= 11 is 0. The fourth-order valence-corrected chi connectivity index (χ4v) is 18.7. The van der Waals surface area contributed by atoms with Crippen LogP contribution in [0.15, 0.2) is 0 Å². The molecule has 0 nitrogen and oxygen atoms in total. The van der Waals surface area contributed by atoms with Gasteiger partial charge in [0.05, 0.1) is 0 Å². The summed E-state index contributed by atoms with van der Waals surface area (Å²) in [5.74, 6) is 0. The third kappa shape index (κ3) is 2.96. The minimum Gasteiger partial charge on any atom is -0.0659 e. The molecule has 0 aromatic carbocycles. The summed E-state index contributed by atoms with van der Waals surface area (Å²) in [6.45, 7) is 19.8. The highest BCUT2D eigenvalue weighted by atomic mass is 29.2. The Morgan fingerprint density at radius 2 is 0.929 bits per heavy atom. The molecule has 0 aliphatic carbocycles. The van der Waals surface area contributed by atoms with Crippen LogP contribution in [-0.2, 0) is 0 Å². The lowest BCUT2D eigenvalue weighted by Crippen LogP contribution is -2.51. The zero-order valence-corrected chi connectivity index (χ0v) is 13.9. The SMILES string of the molecule is CC(C)[SiH2][Si](C(C)C)(C(C)C)C(C)C. The summed E-state index contributed by atoms with van der Waals surface area (Å²) in [7, 11) is -0.802. The van der Waals surface area contributed by atoms with Gasteiger partial charge in [-0.15, -0.1) is 0 Å². The molecule has 0 radical (unpaired) electrons. The molecule has 0 atom stereocenters. The molecule has 86 valence electrons. The van der Waals surface area contributed by atoms with Crippen molar-refractivity contribution in [2.24, 2.45) is 0 Å². The summed E-state index contributed by atoms with van der Waals surface area (Å²) in [4.78, 5) is 0. The largest absolute Gasteiger partial charge is 0.0659 e. The zero-order chi connectivity index (χ0) is 11.5. The lowest BCUT2D eigenvalue weighted by Gasteiger charge is -2.44. The molecule has 0 N–H and O–H groups in total. The number of hydrogen-bond acceptors (Lipinski definition) is 0. The lowest BCUT2D eigenvalue weighted by atomic mass is 10.5. The van der Waals surface area contributed by atoms with E-state index in [1.165, 1.54) is 0 Å². The number of hydrogen-bond donors (Lipinski definition) is 0. The van der Waals surface area contributed by atoms with Gasteiger partial charge in [0.25, 0.3) is 0 Å². The van der Waals surface area contributed by atoms with Crippen molar-refractivity contribution in [2.75, 3.05) is 0 Å². The summed E-state index contributed by atoms with van der Waals surface area (Å²) < 4.78 is 0. The van der Waals surface area contributed by atoms with Gasteiger partial charge in [0.15, 0.2) is 0 Å². The quantitative estimate of drug-likeness (QED) is 0.622. The first-order valence-electron chi connectivity index (χ1n) is 6.25. The monoisotopic (exact) mass is 230 g/mol. The van der Waals surface area contributed by atoms with Gasteiger partial charge < -0.3 is 0 Å². The molecule has 0 aliphatic rings. The Hall–Kier alpha value is 0.434. The Balaban J connectivity index is 4.95. The molecule has 0 aromatic heterocycles. The Bertz CT molecular complexity index is 138. The van der Waals surface area contributed by atoms with Gasteiger partial charge in [-0.2, -0.15) is 0 Å². The van der Waals surface area contributed by atoms with E-state index in [9.17, 15) is 0 Å². The van der Waals surface area contributed by atoms with Crippen molar-refractivity contribution in [3.8, 4) is 0 Å². The fourth-order valence-electron chi connectivity index (χ4n) is 3.41. The summed E-state index contributed by atoms with van der Waals surface area (Å²) in [5, 5.41) is 0. The van der Waals surface area contributed by atoms with E-state index < -0.39 is 7.59 Å². The molecule has 2 heteroatoms. The maximum atomic E-state index is 2.49. The van der Waals surface area contributed by atoms with Gasteiger partial charge in [-0.05, 0) is 0 Å². The minimum atomic E-state index is -0.952. The van der Waals surface area contributed by atoms with E-state index in [0.717, 1.165) is 22.2 Å². The fraction of sp³-hybridized carbons (Fsp3) is 1.00. The third-order valence-corrected chi connectivity index (χ3v) is 23.9. The van der Waals surface area contributed by atoms with Crippen LogP contribution in [0.25, 0.3) is 0 Å². The molecule has 0 bridgehead atoms. The van der Waals surface area contributed by atoms with Crippen LogP contribution < -0.4 is 0 Å². The molecule has 0 amide bonds. The van der Waals surface area contributed by atoms with Gasteiger partial charge in [-0.3, -0.25) is 0 Å². The highest BCUT2D eigenvalue weighted by Crippen LogP contribution is 2.41. The molecule has 14 heavy (non-hydrogen) atoms. The van der Waals surface area contributed by atoms with Gasteiger partial charge in [0, 0.05) is 16.6 Å². The second-order valence-electron chi connectivity index (χ2n) is 6.17. The molecule has 0 spiro atoms. The van der Waals surface area contributed by atoms with E-state index in [1.54, 1.807) is 0 Å². The predicted molar refractivity (Wildman–Crippen MR) is 74.7 cm³/mol. The average Bonchev–Trinajstić information content (AvgIpc) is 1.97. The normalized spacial score (nSPS) is 14.6. The van der Waals surface area contributed by atoms with E-state index in [2.05, 4.69) is 55.4 Å². The van der Waals surface area contributed by atoms with E-state index in [-0.39, 0.29) is 9.04 Å². The van der Waals surface area contributed by atoms with E-state index >= 15 is 0 Å². The van der Waals surface area contributed by atoms with E-state index in [0.29, 0.717) is 0 Å². The second-order valence-corrected chi connectivity index (χ2v) is 18.8. The van der Waals surface area contributed by atoms with Gasteiger partial charge in [-0.1, -0.05) is 77.6 Å². The molecule has 0 aromatic rings. The van der Waals surface area contributed by atoms with Crippen molar-refractivity contribution in [3.05, 3.63) is 0 Å². The smallest absolute Gasteiger partial charge is 0.0480 e. The molecule has 0 saturated heterocycles. The predicted octanol–water partition coefficient (Wildman–Crippen LogP) is 4.16. The molecule has 0 fully saturated rings. The molecule has 0 unspecified atom stereocenters. The van der Waals surface area contributed by atoms with Crippen LogP contribution in [0.2, 0.25) is 22.2 Å². The summed E-state index contributed by atoms with van der Waals surface area (Å²) in [5.41, 5.74) is 3.96. The molecule has 0 saturated carbocycles. The van der Waals surface area contributed by atoms with Crippen molar-refractivity contribution in [1.82, 2.24) is 0 Å². The summed E-state index contributed by atoms with van der Waals surface area (Å²) in [6.07, 6.45) is 0. The highest BCUT2D eigenvalue weighted by Gasteiger charge is 2.42. The van der Waals surface area contributed by atoms with Crippen LogP contribution in [0.1, 0.15) is 55.4 Å². The van der Waals surface area contributed by atoms with E-state index in [4.69, 9.17) is 0 Å². The van der Waals surface area contributed by atoms with Crippen LogP contribution in [0.3, 0.4) is 0 Å². The van der Waals surface area contributed by atoms with Crippen molar-refractivity contribution in [3.63, 3.8) is 0 Å². The topological polar surface area (TPSA) is 0 Å². The second kappa shape index (κ2) is 5.50. The number of rotatable bonds is 5. The first-order valence-corrected chi connectivity index (χ1v) is 11.6. The zero-order valence-electron chi connectivity index (χ0n) is 11.5. The minimum absolute atomic E-state index is 0.150. The van der Waals surface area contributed by atoms with Crippen molar-refractivity contribution in [1.29, 1.82) is 0 Å². The van der Waals surface area contributed by atoms with Crippen LogP contribution in [-0.4, -0.2) is 16.6 Å². The highest BCUT2D eigenvalue weighted by molar-refractivity contribution is 7.27. The molecule has 0 aliphatic heterocycles. The van der Waals surface area contributed by atoms with Crippen LogP contribution in [0.4, 0.5) is 0 Å². The van der Waals surface area contributed by atoms with Gasteiger partial charge in [0.2, 0.25) is 0 Å². The third-order valence-electron chi connectivity index (χ3n) is 3.99. The first kappa shape index (κ1) is 14.4. The van der Waals surface area contributed by atoms with Gasteiger partial charge >= 0.3 is 0 Å². The first-order chi connectivity index (χ1) is 6.25. The maximum Gasteiger partial charge on any atom is 0.0480 e. The Morgan fingerprint density at radius 3 is 1.00 bits per heavy atom. The van der Waals surface area contributed by atoms with Crippen LogP contribution >= 0.6 is 0 Å². The van der Waals surface area contributed by atoms with E-state index in [1.807, 2.05) is 0 Å². The van der Waals surface area contributed by atoms with Crippen LogP contribution in [0.5, 0.6) is 0 Å². The Morgan fingerprint density at radius 1 is 0.643 bits per heavy atom. The maximum absolute atomic E-state index is 2.49. The molecule has 0 heterocycles. The molecular formula is C12H30Si2. The standard InChI is InChI=1S/C12H30Si2/c1-9(2)13-14(10(3)4,11(5)6)12(7)8/h9-12H,13H2,1-8H3. The van der Waals surface area contributed by atoms with Gasteiger partial charge in [0.1, 0.15) is 0 Å². The Labute approximate surface area is 94.5 Å². The summed E-state index contributed by atoms with van der Waals surface area (Å²) in [6, 6.07) is 0. The average molecular weight is 231 g/mol. The van der Waals surface area contributed by atoms with Gasteiger partial charge in [-0.25, -0.2) is 0 Å². The Kier molecular flexibility index (Phi) is 5.67. The van der Waals surface area contributed by atoms with Crippen molar-refractivity contribution < 1.29 is 0 Å².